The number of aliphatic carboxylic acids is 1. The number of carboxylic acid groups (broad SMARTS) is 1. The van der Waals surface area contributed by atoms with Gasteiger partial charge in [0.1, 0.15) is 0 Å². The normalized spacial score (nSPS) is 11.3. The van der Waals surface area contributed by atoms with Crippen LogP contribution in [0.5, 0.6) is 0 Å². The minimum absolute atomic E-state index is 0.0655. The van der Waals surface area contributed by atoms with E-state index in [-0.39, 0.29) is 4.90 Å². The van der Waals surface area contributed by atoms with Gasteiger partial charge in [0.25, 0.3) is 6.21 Å². The molecule has 0 radical (unpaired) electrons. The zero-order chi connectivity index (χ0) is 10.3. The second kappa shape index (κ2) is 5.58. The SMILES string of the molecule is CO[N+]([O-])=CC(=O)N/C=C/C(=O)O. The fourth-order valence-corrected chi connectivity index (χ4v) is 0.381. The summed E-state index contributed by atoms with van der Waals surface area (Å²) in [6.45, 7) is 0. The van der Waals surface area contributed by atoms with Crippen LogP contribution in [0.4, 0.5) is 0 Å². The molecule has 0 aliphatic carbocycles. The van der Waals surface area contributed by atoms with Crippen LogP contribution in [-0.4, -0.2) is 35.2 Å². The van der Waals surface area contributed by atoms with E-state index in [1.54, 1.807) is 0 Å². The van der Waals surface area contributed by atoms with Crippen LogP contribution in [-0.2, 0) is 14.4 Å². The molecule has 0 aliphatic heterocycles. The first kappa shape index (κ1) is 11.0. The average molecular weight is 188 g/mol. The van der Waals surface area contributed by atoms with Crippen molar-refractivity contribution >= 4 is 18.1 Å². The molecule has 0 unspecified atom stereocenters. The van der Waals surface area contributed by atoms with E-state index < -0.39 is 11.9 Å². The molecule has 0 heterocycles. The van der Waals surface area contributed by atoms with Crippen molar-refractivity contribution in [2.45, 2.75) is 0 Å². The standard InChI is InChI=1S/C6H8N2O5/c1-13-8(12)4-5(9)7-3-2-6(10)11/h2-4H,1H3,(H,7,9)(H,10,11)/b3-2+,8-4?. The van der Waals surface area contributed by atoms with Gasteiger partial charge in [-0.1, -0.05) is 0 Å². The fourth-order valence-electron chi connectivity index (χ4n) is 0.381. The van der Waals surface area contributed by atoms with Crippen molar-refractivity contribution < 1.29 is 24.4 Å². The summed E-state index contributed by atoms with van der Waals surface area (Å²) in [6, 6.07) is 0. The molecule has 7 nitrogen and oxygen atoms in total. The van der Waals surface area contributed by atoms with Crippen LogP contribution in [0.15, 0.2) is 12.3 Å². The predicted octanol–water partition coefficient (Wildman–Crippen LogP) is -1.16. The van der Waals surface area contributed by atoms with Gasteiger partial charge in [0, 0.05) is 24.3 Å². The Morgan fingerprint density at radius 3 is 2.69 bits per heavy atom. The van der Waals surface area contributed by atoms with E-state index in [1.165, 1.54) is 0 Å². The molecule has 1 amide bonds. The Morgan fingerprint density at radius 2 is 2.23 bits per heavy atom. The summed E-state index contributed by atoms with van der Waals surface area (Å²) in [5.74, 6) is -1.99. The maximum atomic E-state index is 10.7. The molecule has 0 spiro atoms. The Labute approximate surface area is 73.5 Å². The molecule has 0 saturated carbocycles. The highest BCUT2D eigenvalue weighted by Gasteiger charge is 2.00. The first-order chi connectivity index (χ1) is 6.06. The van der Waals surface area contributed by atoms with Crippen molar-refractivity contribution in [1.82, 2.24) is 5.32 Å². The highest BCUT2D eigenvalue weighted by Crippen LogP contribution is 1.70. The average Bonchev–Trinajstić information content (AvgIpc) is 2.03. The highest BCUT2D eigenvalue weighted by molar-refractivity contribution is 6.24. The number of hydrogen-bond donors (Lipinski definition) is 2. The molecule has 7 heteroatoms. The number of amides is 1. The lowest BCUT2D eigenvalue weighted by atomic mass is 10.6. The van der Waals surface area contributed by atoms with Crippen molar-refractivity contribution in [2.75, 3.05) is 7.11 Å². The maximum Gasteiger partial charge on any atom is 0.329 e. The Bertz CT molecular complexity index is 258. The van der Waals surface area contributed by atoms with Gasteiger partial charge >= 0.3 is 11.9 Å². The molecule has 0 fully saturated rings. The Balaban J connectivity index is 3.96. The first-order valence-corrected chi connectivity index (χ1v) is 3.11. The van der Waals surface area contributed by atoms with E-state index in [0.717, 1.165) is 13.3 Å². The van der Waals surface area contributed by atoms with Crippen LogP contribution in [0.25, 0.3) is 0 Å². The summed E-state index contributed by atoms with van der Waals surface area (Å²) in [7, 11) is 1.09. The van der Waals surface area contributed by atoms with E-state index >= 15 is 0 Å². The lowest BCUT2D eigenvalue weighted by molar-refractivity contribution is -0.729. The molecule has 0 rings (SSSR count). The van der Waals surface area contributed by atoms with E-state index in [4.69, 9.17) is 5.11 Å². The molecule has 2 N–H and O–H groups in total. The van der Waals surface area contributed by atoms with Gasteiger partial charge in [-0.2, -0.15) is 0 Å². The third kappa shape index (κ3) is 6.35. The van der Waals surface area contributed by atoms with Crippen molar-refractivity contribution in [3.8, 4) is 0 Å². The molecule has 0 atom stereocenters. The zero-order valence-electron chi connectivity index (χ0n) is 6.76. The minimum Gasteiger partial charge on any atom is -0.478 e. The summed E-state index contributed by atoms with van der Waals surface area (Å²) < 4.78 is 0. The number of rotatable bonds is 4. The molecule has 0 aliphatic rings. The van der Waals surface area contributed by atoms with Crippen molar-refractivity contribution in [3.05, 3.63) is 17.5 Å². The quantitative estimate of drug-likeness (QED) is 0.251. The van der Waals surface area contributed by atoms with Crippen LogP contribution in [0.2, 0.25) is 0 Å². The summed E-state index contributed by atoms with van der Waals surface area (Å²) in [4.78, 5) is 24.6. The summed E-state index contributed by atoms with van der Waals surface area (Å²) in [5.41, 5.74) is 0. The molecular weight excluding hydrogens is 180 g/mol. The number of nitrogens with one attached hydrogen (secondary N) is 1. The Kier molecular flexibility index (Phi) is 4.70. The highest BCUT2D eigenvalue weighted by atomic mass is 16.9. The fraction of sp³-hybridized carbons (Fsp3) is 0.167. The monoisotopic (exact) mass is 188 g/mol. The second-order valence-electron chi connectivity index (χ2n) is 1.78. The van der Waals surface area contributed by atoms with Gasteiger partial charge in [0.15, 0.2) is 0 Å². The molecule has 0 saturated heterocycles. The topological polar surface area (TPSA) is 102 Å². The van der Waals surface area contributed by atoms with Crippen LogP contribution < -0.4 is 5.32 Å². The van der Waals surface area contributed by atoms with E-state index in [0.29, 0.717) is 12.3 Å². The largest absolute Gasteiger partial charge is 0.478 e. The smallest absolute Gasteiger partial charge is 0.329 e. The predicted molar refractivity (Wildman–Crippen MR) is 41.6 cm³/mol. The third-order valence-electron chi connectivity index (χ3n) is 0.854. The summed E-state index contributed by atoms with van der Waals surface area (Å²) >= 11 is 0. The second-order valence-corrected chi connectivity index (χ2v) is 1.78. The first-order valence-electron chi connectivity index (χ1n) is 3.11. The molecule has 0 aromatic heterocycles. The Hall–Kier alpha value is -2.05. The van der Waals surface area contributed by atoms with Gasteiger partial charge in [-0.15, -0.1) is 0 Å². The van der Waals surface area contributed by atoms with Gasteiger partial charge in [0.2, 0.25) is 0 Å². The molecule has 72 valence electrons. The zero-order valence-corrected chi connectivity index (χ0v) is 6.76. The number of carboxylic acids is 1. The lowest BCUT2D eigenvalue weighted by Gasteiger charge is -1.94. The van der Waals surface area contributed by atoms with Gasteiger partial charge in [-0.25, -0.2) is 4.79 Å². The summed E-state index contributed by atoms with van der Waals surface area (Å²) in [6.07, 6.45) is 2.19. The molecule has 0 bridgehead atoms. The van der Waals surface area contributed by atoms with Crippen LogP contribution in [0, 0.1) is 5.21 Å². The molecule has 0 aromatic carbocycles. The number of nitrogens with zero attached hydrogens (tertiary/aromatic N) is 1. The lowest BCUT2D eigenvalue weighted by Crippen LogP contribution is -2.23. The number of carbonyl (C=O) groups is 2. The number of hydrogen-bond acceptors (Lipinski definition) is 4. The van der Waals surface area contributed by atoms with Gasteiger partial charge in [-0.05, 0) is 0 Å². The third-order valence-corrected chi connectivity index (χ3v) is 0.854. The minimum atomic E-state index is -1.20. The van der Waals surface area contributed by atoms with Crippen molar-refractivity contribution in [2.24, 2.45) is 0 Å². The van der Waals surface area contributed by atoms with Crippen LogP contribution in [0.1, 0.15) is 0 Å². The van der Waals surface area contributed by atoms with Crippen LogP contribution >= 0.6 is 0 Å². The van der Waals surface area contributed by atoms with E-state index in [9.17, 15) is 14.8 Å². The summed E-state index contributed by atoms with van der Waals surface area (Å²) in [5, 5.41) is 20.5. The molecular formula is C6H8N2O5. The molecule has 13 heavy (non-hydrogen) atoms. The van der Waals surface area contributed by atoms with E-state index in [2.05, 4.69) is 4.84 Å². The Morgan fingerprint density at radius 1 is 1.62 bits per heavy atom. The van der Waals surface area contributed by atoms with E-state index in [1.807, 2.05) is 5.32 Å². The van der Waals surface area contributed by atoms with Crippen molar-refractivity contribution in [1.29, 1.82) is 0 Å². The van der Waals surface area contributed by atoms with Crippen LogP contribution in [0.3, 0.4) is 0 Å². The van der Waals surface area contributed by atoms with Crippen molar-refractivity contribution in [3.63, 3.8) is 0 Å². The van der Waals surface area contributed by atoms with Gasteiger partial charge in [-0.3, -0.25) is 10.0 Å². The number of carbonyl (C=O) groups excluding carboxylic acids is 1. The maximum absolute atomic E-state index is 10.7. The van der Waals surface area contributed by atoms with Gasteiger partial charge in [0.05, 0.1) is 0 Å². The van der Waals surface area contributed by atoms with Gasteiger partial charge < -0.3 is 15.3 Å². The molecule has 0 aromatic rings.